The molecule has 2 aliphatic heterocycles. The van der Waals surface area contributed by atoms with Crippen molar-refractivity contribution in [1.82, 2.24) is 0 Å². The highest BCUT2D eigenvalue weighted by molar-refractivity contribution is 7.25. The lowest BCUT2D eigenvalue weighted by Gasteiger charge is -2.32. The molecule has 29 heavy (non-hydrogen) atoms. The molecule has 6 heteroatoms. The molecule has 152 valence electrons. The Hall–Kier alpha value is -1.91. The zero-order chi connectivity index (χ0) is 20.4. The van der Waals surface area contributed by atoms with Gasteiger partial charge in [0.15, 0.2) is 0 Å². The van der Waals surface area contributed by atoms with Gasteiger partial charge >= 0.3 is 0 Å². The average molecular weight is 390 g/mol. The van der Waals surface area contributed by atoms with Crippen molar-refractivity contribution in [3.63, 3.8) is 0 Å². The molecule has 0 N–H and O–H groups in total. The molecule has 0 unspecified atom stereocenters. The van der Waals surface area contributed by atoms with Crippen LogP contribution in [0, 0.1) is 13.8 Å². The summed E-state index contributed by atoms with van der Waals surface area (Å²) in [6.45, 7) is 10.9. The molecule has 2 aromatic rings. The van der Waals surface area contributed by atoms with E-state index in [1.54, 1.807) is 0 Å². The van der Waals surface area contributed by atoms with Crippen LogP contribution in [0.5, 0.6) is 0 Å². The van der Waals surface area contributed by atoms with Crippen molar-refractivity contribution >= 4 is 24.9 Å². The predicted molar refractivity (Wildman–Crippen MR) is 124 cm³/mol. The maximum Gasteiger partial charge on any atom is 0.288 e. The van der Waals surface area contributed by atoms with Gasteiger partial charge in [-0.15, -0.1) is 0 Å². The van der Waals surface area contributed by atoms with E-state index < -0.39 is 0 Å². The Bertz CT molecular complexity index is 861. The molecule has 2 heterocycles. The molecule has 0 bridgehead atoms. The first-order valence-corrected chi connectivity index (χ1v) is 11.2. The van der Waals surface area contributed by atoms with Crippen LogP contribution in [0.25, 0.3) is 0 Å². The van der Waals surface area contributed by atoms with Gasteiger partial charge in [-0.1, -0.05) is 55.7 Å². The van der Waals surface area contributed by atoms with Crippen LogP contribution in [-0.4, -0.2) is 26.7 Å². The molecule has 0 spiro atoms. The van der Waals surface area contributed by atoms with Gasteiger partial charge in [0.2, 0.25) is 0 Å². The Kier molecular flexibility index (Phi) is 6.21. The Morgan fingerprint density at radius 1 is 0.793 bits per heavy atom. The molecule has 4 rings (SSSR count). The largest absolute Gasteiger partial charge is 0.306 e. The van der Waals surface area contributed by atoms with Crippen molar-refractivity contribution in [3.8, 4) is 0 Å². The molecule has 2 saturated heterocycles. The summed E-state index contributed by atoms with van der Waals surface area (Å²) < 4.78 is 0. The average Bonchev–Trinajstić information content (AvgIpc) is 3.37. The van der Waals surface area contributed by atoms with Gasteiger partial charge < -0.3 is 9.95 Å². The van der Waals surface area contributed by atoms with Crippen LogP contribution in [0.2, 0.25) is 12.6 Å². The maximum absolute atomic E-state index is 6.20. The van der Waals surface area contributed by atoms with Gasteiger partial charge in [-0.25, -0.2) is 0 Å². The van der Waals surface area contributed by atoms with Gasteiger partial charge in [0, 0.05) is 0 Å². The summed E-state index contributed by atoms with van der Waals surface area (Å²) >= 11 is 0. The molecule has 0 atom stereocenters. The molecule has 0 aliphatic carbocycles. The first-order chi connectivity index (χ1) is 14.1. The van der Waals surface area contributed by atoms with Crippen LogP contribution >= 0.6 is 0 Å². The normalized spacial score (nSPS) is 17.0. The lowest BCUT2D eigenvalue weighted by molar-refractivity contribution is 0.182. The fourth-order valence-corrected chi connectivity index (χ4v) is 4.77. The zero-order valence-corrected chi connectivity index (χ0v) is 18.3. The number of hydrogen-bond acceptors (Lipinski definition) is 4. The quantitative estimate of drug-likeness (QED) is 0.643. The van der Waals surface area contributed by atoms with E-state index in [0.29, 0.717) is 13.5 Å². The summed E-state index contributed by atoms with van der Waals surface area (Å²) in [5, 5.41) is 0. The maximum atomic E-state index is 6.20. The van der Waals surface area contributed by atoms with Gasteiger partial charge in [0.1, 0.15) is 0 Å². The highest BCUT2D eigenvalue weighted by Crippen LogP contribution is 2.35. The molecule has 4 nitrogen and oxygen atoms in total. The second-order valence-corrected chi connectivity index (χ2v) is 8.40. The summed E-state index contributed by atoms with van der Waals surface area (Å²) in [7, 11) is 0. The zero-order valence-electron chi connectivity index (χ0n) is 18.3. The first kappa shape index (κ1) is 20.4. The Balaban J connectivity index is 1.65. The van der Waals surface area contributed by atoms with Crippen molar-refractivity contribution < 1.29 is 9.68 Å². The lowest BCUT2D eigenvalue weighted by atomic mass is 9.18. The van der Waals surface area contributed by atoms with E-state index in [2.05, 4.69) is 74.0 Å². The van der Waals surface area contributed by atoms with Gasteiger partial charge in [0.25, 0.3) is 13.5 Å². The fraction of sp³-hybridized carbons (Fsp3) is 0.478. The molecule has 2 fully saturated rings. The van der Waals surface area contributed by atoms with Crippen LogP contribution in [0.4, 0.5) is 11.4 Å². The van der Waals surface area contributed by atoms with E-state index in [1.165, 1.54) is 33.6 Å². The number of hydrogen-bond donors (Lipinski definition) is 0. The fourth-order valence-electron chi connectivity index (χ4n) is 4.77. The molecule has 2 aromatic carbocycles. The van der Waals surface area contributed by atoms with Crippen LogP contribution in [0.1, 0.15) is 42.5 Å². The minimum absolute atomic E-state index is 0.293. The van der Waals surface area contributed by atoms with Crippen LogP contribution in [0.15, 0.2) is 36.4 Å². The van der Waals surface area contributed by atoms with E-state index in [0.717, 1.165) is 45.1 Å². The highest BCUT2D eigenvalue weighted by Gasteiger charge is 2.48. The van der Waals surface area contributed by atoms with E-state index >= 15 is 0 Å². The molecule has 2 aliphatic rings. The molecular formula is C23H32B2N2O2. The summed E-state index contributed by atoms with van der Waals surface area (Å²) in [6, 6.07) is 13.5. The molecule has 0 aromatic heterocycles. The number of benzene rings is 2. The van der Waals surface area contributed by atoms with E-state index in [-0.39, 0.29) is 0 Å². The van der Waals surface area contributed by atoms with Gasteiger partial charge in [-0.05, 0) is 62.6 Å². The first-order valence-electron chi connectivity index (χ1n) is 11.2. The van der Waals surface area contributed by atoms with Crippen molar-refractivity contribution in [2.45, 2.75) is 59.6 Å². The van der Waals surface area contributed by atoms with Crippen LogP contribution in [-0.2, 0) is 22.5 Å². The van der Waals surface area contributed by atoms with Crippen molar-refractivity contribution in [1.29, 1.82) is 0 Å². The number of anilines is 2. The van der Waals surface area contributed by atoms with E-state index in [9.17, 15) is 0 Å². The third-order valence-corrected chi connectivity index (χ3v) is 6.18. The third kappa shape index (κ3) is 4.06. The topological polar surface area (TPSA) is 24.9 Å². The van der Waals surface area contributed by atoms with Crippen LogP contribution in [0.3, 0.4) is 0 Å². The second-order valence-electron chi connectivity index (χ2n) is 8.40. The monoisotopic (exact) mass is 390 g/mol. The molecule has 0 saturated carbocycles. The Labute approximate surface area is 176 Å². The molecular weight excluding hydrogens is 358 g/mol. The summed E-state index contributed by atoms with van der Waals surface area (Å²) in [5.41, 5.74) is 7.79. The van der Waals surface area contributed by atoms with Crippen molar-refractivity contribution in [2.24, 2.45) is 0 Å². The van der Waals surface area contributed by atoms with E-state index in [4.69, 9.17) is 9.68 Å². The third-order valence-electron chi connectivity index (χ3n) is 6.18. The highest BCUT2D eigenvalue weighted by atomic mass is 16.7. The SMILES string of the molecule is CCCc1cc(C)ccc1N1OCCB1B1CCON1c1ccc(C)cc1CC. The van der Waals surface area contributed by atoms with Crippen LogP contribution < -0.4 is 9.95 Å². The number of nitrogens with zero attached hydrogens (tertiary/aromatic N) is 2. The smallest absolute Gasteiger partial charge is 0.288 e. The minimum atomic E-state index is 0.293. The van der Waals surface area contributed by atoms with Crippen molar-refractivity contribution in [3.05, 3.63) is 58.7 Å². The predicted octanol–water partition coefficient (Wildman–Crippen LogP) is 5.08. The summed E-state index contributed by atoms with van der Waals surface area (Å²) in [4.78, 5) is 16.8. The van der Waals surface area contributed by atoms with Gasteiger partial charge in [-0.3, -0.25) is 9.68 Å². The molecule has 0 amide bonds. The Morgan fingerprint density at radius 3 is 1.83 bits per heavy atom. The molecule has 0 radical (unpaired) electrons. The standard InChI is InChI=1S/C23H32B2N2O2/c1-5-7-21-17-19(4)9-11-23(21)27-25(13-15-29-27)24-12-14-28-26(24)22-10-8-18(3)16-20(22)6-2/h8-11,16-17H,5-7,12-15H2,1-4H3. The van der Waals surface area contributed by atoms with Gasteiger partial charge in [0.05, 0.1) is 24.6 Å². The number of aryl methyl sites for hydroxylation is 4. The second kappa shape index (κ2) is 8.85. The minimum Gasteiger partial charge on any atom is -0.306 e. The van der Waals surface area contributed by atoms with Crippen molar-refractivity contribution in [2.75, 3.05) is 23.2 Å². The summed E-state index contributed by atoms with van der Waals surface area (Å²) in [5.74, 6) is 0. The van der Waals surface area contributed by atoms with Gasteiger partial charge in [-0.2, -0.15) is 0 Å². The lowest BCUT2D eigenvalue weighted by Crippen LogP contribution is -2.54. The number of rotatable bonds is 6. The Morgan fingerprint density at radius 2 is 1.31 bits per heavy atom. The van der Waals surface area contributed by atoms with E-state index in [1.807, 2.05) is 0 Å². The summed E-state index contributed by atoms with van der Waals surface area (Å²) in [6.07, 6.45) is 5.27.